The SMILES string of the molecule is COC(=O)[C@H]1O[C@@H](Oc2ccc(C=CCO[Si](C)(C)C(C)(C)C)cc2[N+](=O)[O-])[C@H](CC(=O)O)[C@@H](CC(=O)O)[C@@H]1CC(=O)O. The molecule has 0 bridgehead atoms. The minimum atomic E-state index is -2.01. The fourth-order valence-corrected chi connectivity index (χ4v) is 5.57. The molecule has 15 heteroatoms. The summed E-state index contributed by atoms with van der Waals surface area (Å²) in [7, 11) is -0.991. The Hall–Kier alpha value is -3.82. The number of benzene rings is 1. The van der Waals surface area contributed by atoms with Crippen molar-refractivity contribution in [2.75, 3.05) is 13.7 Å². The second-order valence-electron chi connectivity index (χ2n) is 11.8. The number of esters is 1. The molecule has 43 heavy (non-hydrogen) atoms. The quantitative estimate of drug-likeness (QED) is 0.115. The molecule has 1 heterocycles. The Bertz CT molecular complexity index is 1240. The number of nitro benzene ring substituents is 1. The average molecular weight is 626 g/mol. The fraction of sp³-hybridized carbons (Fsp3) is 0.571. The van der Waals surface area contributed by atoms with Gasteiger partial charge in [0, 0.05) is 24.3 Å². The lowest BCUT2D eigenvalue weighted by Gasteiger charge is -2.44. The lowest BCUT2D eigenvalue weighted by Crippen LogP contribution is -2.54. The van der Waals surface area contributed by atoms with Crippen molar-refractivity contribution < 1.29 is 58.1 Å². The predicted octanol–water partition coefficient (Wildman–Crippen LogP) is 4.18. The predicted molar refractivity (Wildman–Crippen MR) is 154 cm³/mol. The Morgan fingerprint density at radius 3 is 2.07 bits per heavy atom. The van der Waals surface area contributed by atoms with E-state index in [0.717, 1.165) is 7.11 Å². The highest BCUT2D eigenvalue weighted by atomic mass is 28.4. The number of aliphatic carboxylic acids is 3. The molecule has 0 amide bonds. The van der Waals surface area contributed by atoms with Crippen LogP contribution in [0.4, 0.5) is 5.69 Å². The van der Waals surface area contributed by atoms with Crippen molar-refractivity contribution in [2.45, 2.75) is 70.6 Å². The molecule has 0 aromatic heterocycles. The van der Waals surface area contributed by atoms with Crippen LogP contribution in [0.2, 0.25) is 18.1 Å². The number of carbonyl (C=O) groups is 4. The lowest BCUT2D eigenvalue weighted by atomic mass is 9.71. The summed E-state index contributed by atoms with van der Waals surface area (Å²) >= 11 is 0. The number of ether oxygens (including phenoxy) is 3. The number of nitro groups is 1. The van der Waals surface area contributed by atoms with Gasteiger partial charge >= 0.3 is 29.6 Å². The molecule has 14 nitrogen and oxygen atoms in total. The summed E-state index contributed by atoms with van der Waals surface area (Å²) in [4.78, 5) is 59.0. The van der Waals surface area contributed by atoms with E-state index < -0.39 is 92.2 Å². The summed E-state index contributed by atoms with van der Waals surface area (Å²) in [5, 5.41) is 40.6. The molecule has 0 unspecified atom stereocenters. The van der Waals surface area contributed by atoms with Crippen molar-refractivity contribution in [1.29, 1.82) is 0 Å². The Labute approximate surface area is 249 Å². The van der Waals surface area contributed by atoms with E-state index in [1.165, 1.54) is 18.2 Å². The molecule has 1 saturated heterocycles. The zero-order valence-electron chi connectivity index (χ0n) is 25.0. The minimum absolute atomic E-state index is 0.00227. The first-order valence-electron chi connectivity index (χ1n) is 13.5. The molecule has 0 radical (unpaired) electrons. The number of rotatable bonds is 14. The normalized spacial score (nSPS) is 22.6. The fourth-order valence-electron chi connectivity index (χ4n) is 4.63. The molecule has 1 aromatic carbocycles. The third-order valence-corrected chi connectivity index (χ3v) is 12.4. The highest BCUT2D eigenvalue weighted by molar-refractivity contribution is 6.74. The Kier molecular flexibility index (Phi) is 12.0. The number of nitrogens with zero attached hydrogens (tertiary/aromatic N) is 1. The number of hydrogen-bond acceptors (Lipinski definition) is 10. The number of carbonyl (C=O) groups excluding carboxylic acids is 1. The van der Waals surface area contributed by atoms with Gasteiger partial charge in [0.15, 0.2) is 20.2 Å². The Morgan fingerprint density at radius 1 is 1.00 bits per heavy atom. The Balaban J connectivity index is 2.46. The molecule has 5 atom stereocenters. The summed E-state index contributed by atoms with van der Waals surface area (Å²) in [5.74, 6) is -9.27. The van der Waals surface area contributed by atoms with Gasteiger partial charge in [-0.2, -0.15) is 0 Å². The van der Waals surface area contributed by atoms with E-state index in [-0.39, 0.29) is 10.8 Å². The molecule has 2 rings (SSSR count). The molecule has 1 aromatic rings. The second-order valence-corrected chi connectivity index (χ2v) is 16.6. The van der Waals surface area contributed by atoms with Crippen LogP contribution in [-0.4, -0.2) is 78.5 Å². The van der Waals surface area contributed by atoms with E-state index in [1.807, 2.05) is 0 Å². The highest BCUT2D eigenvalue weighted by Crippen LogP contribution is 2.44. The van der Waals surface area contributed by atoms with Gasteiger partial charge in [0.1, 0.15) is 0 Å². The molecular weight excluding hydrogens is 586 g/mol. The van der Waals surface area contributed by atoms with E-state index >= 15 is 0 Å². The van der Waals surface area contributed by atoms with Crippen molar-refractivity contribution in [3.63, 3.8) is 0 Å². The van der Waals surface area contributed by atoms with Gasteiger partial charge in [0.05, 0.1) is 31.5 Å². The molecule has 1 aliphatic heterocycles. The van der Waals surface area contributed by atoms with Crippen molar-refractivity contribution in [2.24, 2.45) is 17.8 Å². The third kappa shape index (κ3) is 9.59. The summed E-state index contributed by atoms with van der Waals surface area (Å²) in [6, 6.07) is 4.02. The van der Waals surface area contributed by atoms with Gasteiger partial charge in [-0.1, -0.05) is 39.0 Å². The molecular formula is C28H39NO13Si. The van der Waals surface area contributed by atoms with E-state index in [4.69, 9.17) is 18.6 Å². The van der Waals surface area contributed by atoms with Gasteiger partial charge in [-0.15, -0.1) is 0 Å². The number of carboxylic acids is 3. The van der Waals surface area contributed by atoms with Crippen LogP contribution in [0.15, 0.2) is 24.3 Å². The topological polar surface area (TPSA) is 209 Å². The minimum Gasteiger partial charge on any atom is -0.481 e. The molecule has 0 saturated carbocycles. The maximum Gasteiger partial charge on any atom is 0.335 e. The number of methoxy groups -OCH3 is 1. The van der Waals surface area contributed by atoms with Gasteiger partial charge < -0.3 is 34.0 Å². The van der Waals surface area contributed by atoms with Crippen molar-refractivity contribution in [1.82, 2.24) is 0 Å². The van der Waals surface area contributed by atoms with E-state index in [1.54, 1.807) is 12.2 Å². The molecule has 238 valence electrons. The largest absolute Gasteiger partial charge is 0.481 e. The monoisotopic (exact) mass is 625 g/mol. The van der Waals surface area contributed by atoms with Crippen molar-refractivity contribution >= 4 is 44.0 Å². The third-order valence-electron chi connectivity index (χ3n) is 7.86. The van der Waals surface area contributed by atoms with E-state index in [9.17, 15) is 44.6 Å². The van der Waals surface area contributed by atoms with Crippen LogP contribution in [-0.2, 0) is 33.1 Å². The second kappa shape index (κ2) is 14.6. The lowest BCUT2D eigenvalue weighted by molar-refractivity contribution is -0.386. The van der Waals surface area contributed by atoms with Gasteiger partial charge in [-0.05, 0) is 35.7 Å². The van der Waals surface area contributed by atoms with Crippen molar-refractivity contribution in [3.05, 3.63) is 40.0 Å². The summed E-state index contributed by atoms with van der Waals surface area (Å²) < 4.78 is 22.3. The molecule has 0 spiro atoms. The van der Waals surface area contributed by atoms with E-state index in [2.05, 4.69) is 33.9 Å². The van der Waals surface area contributed by atoms with Gasteiger partial charge in [-0.3, -0.25) is 24.5 Å². The highest BCUT2D eigenvalue weighted by Gasteiger charge is 2.52. The zero-order valence-corrected chi connectivity index (χ0v) is 26.0. The van der Waals surface area contributed by atoms with Crippen LogP contribution >= 0.6 is 0 Å². The van der Waals surface area contributed by atoms with Crippen LogP contribution in [0.5, 0.6) is 5.75 Å². The first-order valence-corrected chi connectivity index (χ1v) is 16.4. The average Bonchev–Trinajstić information content (AvgIpc) is 2.88. The molecule has 0 aliphatic carbocycles. The van der Waals surface area contributed by atoms with Crippen molar-refractivity contribution in [3.8, 4) is 5.75 Å². The van der Waals surface area contributed by atoms with Crippen LogP contribution in [0.1, 0.15) is 45.6 Å². The van der Waals surface area contributed by atoms with Gasteiger partial charge in [0.25, 0.3) is 0 Å². The van der Waals surface area contributed by atoms with Gasteiger partial charge in [0.2, 0.25) is 6.29 Å². The van der Waals surface area contributed by atoms with Gasteiger partial charge in [-0.25, -0.2) is 4.79 Å². The standard InChI is InChI=1S/C28H39NO13Si/c1-28(2,3)43(5,6)40-11-7-8-16-9-10-21(20(12-16)29(37)38)41-27-19(15-24(34)35)17(13-22(30)31)18(14-23(32)33)25(42-27)26(36)39-4/h7-10,12,17-19,25,27H,11,13-15H2,1-6H3,(H,30,31)(H,32,33)(H,34,35)/t17-,18-,19+,25-,27+/m0/s1. The first kappa shape index (κ1) is 35.4. The molecule has 1 aliphatic rings. The maximum atomic E-state index is 12.6. The number of hydrogen-bond donors (Lipinski definition) is 3. The first-order chi connectivity index (χ1) is 19.9. The summed E-state index contributed by atoms with van der Waals surface area (Å²) in [6.45, 7) is 10.8. The van der Waals surface area contributed by atoms with E-state index in [0.29, 0.717) is 12.2 Å². The smallest absolute Gasteiger partial charge is 0.335 e. The van der Waals surface area contributed by atoms with Crippen LogP contribution < -0.4 is 4.74 Å². The maximum absolute atomic E-state index is 12.6. The summed E-state index contributed by atoms with van der Waals surface area (Å²) in [5.41, 5.74) is -0.0514. The summed E-state index contributed by atoms with van der Waals surface area (Å²) in [6.07, 6.45) is -2.09. The van der Waals surface area contributed by atoms with Crippen LogP contribution in [0.25, 0.3) is 6.08 Å². The molecule has 1 fully saturated rings. The number of carboxylic acid groups (broad SMARTS) is 3. The Morgan fingerprint density at radius 2 is 1.56 bits per heavy atom. The van der Waals surface area contributed by atoms with Crippen LogP contribution in [0, 0.1) is 27.9 Å². The van der Waals surface area contributed by atoms with Crippen LogP contribution in [0.3, 0.4) is 0 Å². The zero-order chi connectivity index (χ0) is 32.7. The molecule has 3 N–H and O–H groups in total.